The van der Waals surface area contributed by atoms with Crippen LogP contribution in [0.4, 0.5) is 16.2 Å². The van der Waals surface area contributed by atoms with Crippen molar-refractivity contribution in [3.8, 4) is 0 Å². The van der Waals surface area contributed by atoms with Crippen LogP contribution in [0.2, 0.25) is 0 Å². The highest BCUT2D eigenvalue weighted by molar-refractivity contribution is 5.93. The Kier molecular flexibility index (Phi) is 7.06. The van der Waals surface area contributed by atoms with Gasteiger partial charge in [-0.1, -0.05) is 23.8 Å². The Balaban J connectivity index is 1.26. The molecule has 3 aliphatic rings. The average molecular weight is 399 g/mol. The highest BCUT2D eigenvalue weighted by Gasteiger charge is 2.23. The Labute approximate surface area is 174 Å². The van der Waals surface area contributed by atoms with Gasteiger partial charge in [0.05, 0.1) is 24.6 Å². The van der Waals surface area contributed by atoms with Crippen LogP contribution in [0, 0.1) is 0 Å². The van der Waals surface area contributed by atoms with E-state index in [1.807, 2.05) is 23.1 Å². The van der Waals surface area contributed by atoms with Crippen molar-refractivity contribution < 1.29 is 9.53 Å². The van der Waals surface area contributed by atoms with Gasteiger partial charge in [0.1, 0.15) is 0 Å². The smallest absolute Gasteiger partial charge is 0.321 e. The maximum Gasteiger partial charge on any atom is 0.321 e. The van der Waals surface area contributed by atoms with Gasteiger partial charge in [0.2, 0.25) is 0 Å². The van der Waals surface area contributed by atoms with E-state index in [1.54, 1.807) is 5.57 Å². The van der Waals surface area contributed by atoms with Crippen molar-refractivity contribution >= 4 is 17.4 Å². The molecule has 2 heterocycles. The number of piperazine rings is 1. The van der Waals surface area contributed by atoms with E-state index in [4.69, 9.17) is 4.74 Å². The Morgan fingerprint density at radius 3 is 2.55 bits per heavy atom. The third-order valence-corrected chi connectivity index (χ3v) is 6.29. The normalized spacial score (nSPS) is 21.0. The van der Waals surface area contributed by atoms with Gasteiger partial charge >= 0.3 is 6.03 Å². The van der Waals surface area contributed by atoms with E-state index >= 15 is 0 Å². The number of para-hydroxylation sites is 2. The van der Waals surface area contributed by atoms with Crippen molar-refractivity contribution in [3.63, 3.8) is 0 Å². The van der Waals surface area contributed by atoms with Crippen LogP contribution >= 0.6 is 0 Å². The molecule has 2 aliphatic heterocycles. The molecule has 2 amide bonds. The number of hydrogen-bond donors (Lipinski definition) is 1. The molecule has 0 atom stereocenters. The van der Waals surface area contributed by atoms with Gasteiger partial charge in [-0.3, -0.25) is 4.90 Å². The fourth-order valence-corrected chi connectivity index (χ4v) is 4.46. The monoisotopic (exact) mass is 398 g/mol. The number of hydrogen-bond acceptors (Lipinski definition) is 4. The molecular weight excluding hydrogens is 364 g/mol. The number of urea groups is 1. The zero-order valence-electron chi connectivity index (χ0n) is 17.4. The molecule has 29 heavy (non-hydrogen) atoms. The number of allylic oxidation sites excluding steroid dienone is 1. The summed E-state index contributed by atoms with van der Waals surface area (Å²) in [5.41, 5.74) is 3.62. The van der Waals surface area contributed by atoms with Gasteiger partial charge in [-0.15, -0.1) is 0 Å². The lowest BCUT2D eigenvalue weighted by Crippen LogP contribution is -2.50. The van der Waals surface area contributed by atoms with Crippen molar-refractivity contribution in [2.45, 2.75) is 32.1 Å². The minimum Gasteiger partial charge on any atom is -0.378 e. The number of nitrogens with zero attached hydrogens (tertiary/aromatic N) is 3. The molecule has 1 aromatic rings. The third kappa shape index (κ3) is 5.52. The first-order chi connectivity index (χ1) is 14.3. The number of ether oxygens (including phenoxy) is 1. The fourth-order valence-electron chi connectivity index (χ4n) is 4.46. The first kappa shape index (κ1) is 20.2. The first-order valence-corrected chi connectivity index (χ1v) is 11.2. The van der Waals surface area contributed by atoms with Crippen LogP contribution < -0.4 is 10.2 Å². The van der Waals surface area contributed by atoms with Gasteiger partial charge in [-0.2, -0.15) is 0 Å². The van der Waals surface area contributed by atoms with E-state index < -0.39 is 0 Å². The molecule has 2 saturated heterocycles. The average Bonchev–Trinajstić information content (AvgIpc) is 2.80. The summed E-state index contributed by atoms with van der Waals surface area (Å²) in [7, 11) is 0. The minimum absolute atomic E-state index is 0.0142. The molecule has 1 aliphatic carbocycles. The Hall–Kier alpha value is -2.05. The maximum atomic E-state index is 12.9. The maximum absolute atomic E-state index is 12.9. The van der Waals surface area contributed by atoms with E-state index in [1.165, 1.54) is 32.1 Å². The van der Waals surface area contributed by atoms with Crippen LogP contribution in [0.5, 0.6) is 0 Å². The number of nitrogens with one attached hydrogen (secondary N) is 1. The van der Waals surface area contributed by atoms with Crippen molar-refractivity contribution in [2.24, 2.45) is 0 Å². The number of anilines is 2. The van der Waals surface area contributed by atoms with Gasteiger partial charge in [0.25, 0.3) is 0 Å². The molecule has 6 nitrogen and oxygen atoms in total. The summed E-state index contributed by atoms with van der Waals surface area (Å²) in [6.07, 6.45) is 8.88. The summed E-state index contributed by atoms with van der Waals surface area (Å²) in [6, 6.07) is 8.11. The zero-order chi connectivity index (χ0) is 19.9. The summed E-state index contributed by atoms with van der Waals surface area (Å²) in [5.74, 6) is 0. The van der Waals surface area contributed by atoms with Crippen LogP contribution in [-0.4, -0.2) is 74.9 Å². The number of carbonyl (C=O) groups excluding carboxylic acids is 1. The molecule has 0 spiro atoms. The van der Waals surface area contributed by atoms with Crippen LogP contribution in [0.25, 0.3) is 0 Å². The highest BCUT2D eigenvalue weighted by atomic mass is 16.5. The van der Waals surface area contributed by atoms with Gasteiger partial charge in [-0.05, 0) is 44.2 Å². The fraction of sp³-hybridized carbons (Fsp3) is 0.609. The molecule has 0 aromatic heterocycles. The predicted octanol–water partition coefficient (Wildman–Crippen LogP) is 3.56. The summed E-state index contributed by atoms with van der Waals surface area (Å²) in [6.45, 7) is 7.85. The standard InChI is InChI=1S/C23H34N4O2/c28-23(24-21-8-4-5-9-22(21)26-16-18-29-19-17-26)27-14-12-25(13-15-27)11-10-20-6-2-1-3-7-20/h4-6,8-9H,1-3,7,10-19H2,(H,24,28). The van der Waals surface area contributed by atoms with E-state index in [2.05, 4.69) is 27.3 Å². The lowest BCUT2D eigenvalue weighted by atomic mass is 9.97. The van der Waals surface area contributed by atoms with Crippen LogP contribution in [0.1, 0.15) is 32.1 Å². The summed E-state index contributed by atoms with van der Waals surface area (Å²) in [4.78, 5) is 19.6. The molecular formula is C23H34N4O2. The predicted molar refractivity (Wildman–Crippen MR) is 118 cm³/mol. The van der Waals surface area contributed by atoms with Crippen LogP contribution in [-0.2, 0) is 4.74 Å². The largest absolute Gasteiger partial charge is 0.378 e. The van der Waals surface area contributed by atoms with Gasteiger partial charge < -0.3 is 19.9 Å². The summed E-state index contributed by atoms with van der Waals surface area (Å²) in [5, 5.41) is 3.15. The topological polar surface area (TPSA) is 48.1 Å². The molecule has 1 N–H and O–H groups in total. The van der Waals surface area contributed by atoms with Crippen molar-refractivity contribution in [1.82, 2.24) is 9.80 Å². The molecule has 6 heteroatoms. The van der Waals surface area contributed by atoms with Crippen LogP contribution in [0.15, 0.2) is 35.9 Å². The second kappa shape index (κ2) is 10.1. The van der Waals surface area contributed by atoms with E-state index in [9.17, 15) is 4.79 Å². The van der Waals surface area contributed by atoms with Gasteiger partial charge in [0.15, 0.2) is 0 Å². The first-order valence-electron chi connectivity index (χ1n) is 11.2. The van der Waals surface area contributed by atoms with Crippen molar-refractivity contribution in [3.05, 3.63) is 35.9 Å². The number of rotatable bonds is 5. The molecule has 4 rings (SSSR count). The van der Waals surface area contributed by atoms with E-state index in [0.717, 1.165) is 70.4 Å². The molecule has 158 valence electrons. The van der Waals surface area contributed by atoms with Gasteiger partial charge in [0, 0.05) is 45.8 Å². The van der Waals surface area contributed by atoms with Gasteiger partial charge in [-0.25, -0.2) is 4.79 Å². The number of morpholine rings is 1. The lowest BCUT2D eigenvalue weighted by Gasteiger charge is -2.35. The number of amides is 2. The summed E-state index contributed by atoms with van der Waals surface area (Å²) < 4.78 is 5.46. The lowest BCUT2D eigenvalue weighted by molar-refractivity contribution is 0.123. The van der Waals surface area contributed by atoms with E-state index in [-0.39, 0.29) is 6.03 Å². The molecule has 0 unspecified atom stereocenters. The Morgan fingerprint density at radius 1 is 1.00 bits per heavy atom. The molecule has 0 radical (unpaired) electrons. The quantitative estimate of drug-likeness (QED) is 0.771. The highest BCUT2D eigenvalue weighted by Crippen LogP contribution is 2.27. The molecule has 1 aromatic carbocycles. The van der Waals surface area contributed by atoms with E-state index in [0.29, 0.717) is 0 Å². The third-order valence-electron chi connectivity index (χ3n) is 6.29. The van der Waals surface area contributed by atoms with Crippen LogP contribution in [0.3, 0.4) is 0 Å². The second-order valence-electron chi connectivity index (χ2n) is 8.23. The molecule has 2 fully saturated rings. The zero-order valence-corrected chi connectivity index (χ0v) is 17.4. The summed E-state index contributed by atoms with van der Waals surface area (Å²) >= 11 is 0. The number of carbonyl (C=O) groups is 1. The van der Waals surface area contributed by atoms with Crippen molar-refractivity contribution in [2.75, 3.05) is 69.2 Å². The molecule has 0 bridgehead atoms. The SMILES string of the molecule is O=C(Nc1ccccc1N1CCOCC1)N1CCN(CCC2=CCCCC2)CC1. The second-order valence-corrected chi connectivity index (χ2v) is 8.23. The Morgan fingerprint density at radius 2 is 1.79 bits per heavy atom. The molecule has 0 saturated carbocycles. The minimum atomic E-state index is 0.0142. The number of benzene rings is 1. The Bertz CT molecular complexity index is 707. The van der Waals surface area contributed by atoms with Crippen molar-refractivity contribution in [1.29, 1.82) is 0 Å².